The van der Waals surface area contributed by atoms with Crippen LogP contribution in [0, 0.1) is 12.7 Å². The molecule has 4 aromatic rings. The highest BCUT2D eigenvalue weighted by atomic mass is 32.1. The van der Waals surface area contributed by atoms with Crippen molar-refractivity contribution in [1.82, 2.24) is 13.9 Å². The summed E-state index contributed by atoms with van der Waals surface area (Å²) in [6.45, 7) is 6.03. The van der Waals surface area contributed by atoms with E-state index < -0.39 is 0 Å². The largest absolute Gasteiger partial charge is 0.314 e. The quantitative estimate of drug-likeness (QED) is 0.458. The molecule has 0 atom stereocenters. The van der Waals surface area contributed by atoms with E-state index in [1.807, 2.05) is 54.4 Å². The molecule has 0 aliphatic heterocycles. The van der Waals surface area contributed by atoms with Crippen molar-refractivity contribution >= 4 is 17.0 Å². The molecule has 0 bridgehead atoms. The Kier molecular flexibility index (Phi) is 5.30. The van der Waals surface area contributed by atoms with Gasteiger partial charge >= 0.3 is 0 Å². The maximum absolute atomic E-state index is 13.4. The van der Waals surface area contributed by atoms with E-state index in [9.17, 15) is 9.18 Å². The van der Waals surface area contributed by atoms with Crippen LogP contribution in [0.2, 0.25) is 0 Å². The number of rotatable bonds is 4. The molecule has 30 heavy (non-hydrogen) atoms. The summed E-state index contributed by atoms with van der Waals surface area (Å²) in [5.41, 5.74) is 3.71. The molecule has 4 rings (SSSR count). The maximum Gasteiger partial charge on any atom is 0.297 e. The fraction of sp³-hybridized carbons (Fsp3) is 0.217. The SMILES string of the molecule is Cc1c(N=c2scc(-c3ccc(F)cc3)n2C(C)C)c(=O)n(-c2ccccc2)n1C. The van der Waals surface area contributed by atoms with Gasteiger partial charge in [0, 0.05) is 18.5 Å². The Morgan fingerprint density at radius 1 is 1.03 bits per heavy atom. The smallest absolute Gasteiger partial charge is 0.297 e. The highest BCUT2D eigenvalue weighted by molar-refractivity contribution is 7.07. The van der Waals surface area contributed by atoms with E-state index in [0.29, 0.717) is 5.69 Å². The Morgan fingerprint density at radius 3 is 2.33 bits per heavy atom. The van der Waals surface area contributed by atoms with Crippen molar-refractivity contribution < 1.29 is 4.39 Å². The van der Waals surface area contributed by atoms with Crippen molar-refractivity contribution in [2.24, 2.45) is 12.0 Å². The first kappa shape index (κ1) is 20.1. The van der Waals surface area contributed by atoms with Gasteiger partial charge in [0.1, 0.15) is 5.82 Å². The molecule has 0 N–H and O–H groups in total. The molecular formula is C23H23FN4OS. The van der Waals surface area contributed by atoms with Crippen molar-refractivity contribution in [2.45, 2.75) is 26.8 Å². The molecule has 7 heteroatoms. The third kappa shape index (κ3) is 3.45. The van der Waals surface area contributed by atoms with Crippen molar-refractivity contribution in [3.05, 3.63) is 86.6 Å². The van der Waals surface area contributed by atoms with E-state index in [4.69, 9.17) is 4.99 Å². The summed E-state index contributed by atoms with van der Waals surface area (Å²) in [5, 5.41) is 2.00. The van der Waals surface area contributed by atoms with Gasteiger partial charge in [0.15, 0.2) is 10.5 Å². The van der Waals surface area contributed by atoms with E-state index in [1.54, 1.807) is 16.8 Å². The van der Waals surface area contributed by atoms with E-state index in [-0.39, 0.29) is 17.4 Å². The zero-order chi connectivity index (χ0) is 21.4. The lowest BCUT2D eigenvalue weighted by atomic mass is 10.1. The number of thiazole rings is 1. The second-order valence-corrected chi connectivity index (χ2v) is 8.23. The fourth-order valence-electron chi connectivity index (χ4n) is 3.51. The van der Waals surface area contributed by atoms with E-state index in [1.165, 1.54) is 23.5 Å². The van der Waals surface area contributed by atoms with Crippen LogP contribution in [0.1, 0.15) is 25.6 Å². The summed E-state index contributed by atoms with van der Waals surface area (Å²) in [5.74, 6) is -0.267. The highest BCUT2D eigenvalue weighted by Gasteiger charge is 2.17. The Balaban J connectivity index is 1.91. The van der Waals surface area contributed by atoms with Gasteiger partial charge < -0.3 is 4.57 Å². The van der Waals surface area contributed by atoms with Crippen molar-refractivity contribution in [2.75, 3.05) is 0 Å². The van der Waals surface area contributed by atoms with Gasteiger partial charge in [0.25, 0.3) is 5.56 Å². The minimum Gasteiger partial charge on any atom is -0.314 e. The number of para-hydroxylation sites is 1. The lowest BCUT2D eigenvalue weighted by Crippen LogP contribution is -2.21. The molecule has 0 unspecified atom stereocenters. The van der Waals surface area contributed by atoms with Crippen LogP contribution >= 0.6 is 11.3 Å². The van der Waals surface area contributed by atoms with Crippen LogP contribution in [0.4, 0.5) is 10.1 Å². The molecule has 0 saturated carbocycles. The topological polar surface area (TPSA) is 44.2 Å². The molecular weight excluding hydrogens is 399 g/mol. The molecule has 2 heterocycles. The third-order valence-corrected chi connectivity index (χ3v) is 5.97. The van der Waals surface area contributed by atoms with Gasteiger partial charge in [-0.15, -0.1) is 11.3 Å². The maximum atomic E-state index is 13.4. The lowest BCUT2D eigenvalue weighted by Gasteiger charge is -2.12. The monoisotopic (exact) mass is 422 g/mol. The molecule has 0 saturated heterocycles. The van der Waals surface area contributed by atoms with Crippen LogP contribution in [0.15, 0.2) is 69.8 Å². The van der Waals surface area contributed by atoms with E-state index in [2.05, 4.69) is 18.4 Å². The molecule has 0 amide bonds. The molecule has 0 radical (unpaired) electrons. The van der Waals surface area contributed by atoms with Gasteiger partial charge in [-0.25, -0.2) is 14.1 Å². The predicted octanol–water partition coefficient (Wildman–Crippen LogP) is 4.97. The van der Waals surface area contributed by atoms with Crippen LogP contribution in [0.5, 0.6) is 0 Å². The van der Waals surface area contributed by atoms with Crippen LogP contribution in [-0.2, 0) is 7.05 Å². The Bertz CT molecular complexity index is 1310. The number of nitrogens with zero attached hydrogens (tertiary/aromatic N) is 4. The standard InChI is InChI=1S/C23H23FN4OS/c1-15(2)27-20(17-10-12-18(24)13-11-17)14-30-23(27)25-21-16(3)26(4)28(22(21)29)19-8-6-5-7-9-19/h5-15H,1-4H3. The zero-order valence-electron chi connectivity index (χ0n) is 17.3. The average Bonchev–Trinajstić information content (AvgIpc) is 3.24. The Morgan fingerprint density at radius 2 is 1.70 bits per heavy atom. The Labute approximate surface area is 178 Å². The first-order valence-corrected chi connectivity index (χ1v) is 10.6. The van der Waals surface area contributed by atoms with Crippen molar-refractivity contribution in [3.63, 3.8) is 0 Å². The minimum atomic E-state index is -0.267. The minimum absolute atomic E-state index is 0.121. The molecule has 2 aromatic carbocycles. The van der Waals surface area contributed by atoms with Gasteiger partial charge in [0.05, 0.1) is 17.1 Å². The normalized spacial score (nSPS) is 12.1. The first-order chi connectivity index (χ1) is 14.4. The predicted molar refractivity (Wildman–Crippen MR) is 119 cm³/mol. The zero-order valence-corrected chi connectivity index (χ0v) is 18.2. The summed E-state index contributed by atoms with van der Waals surface area (Å²) < 4.78 is 18.9. The number of benzene rings is 2. The van der Waals surface area contributed by atoms with Crippen LogP contribution in [0.3, 0.4) is 0 Å². The summed E-state index contributed by atoms with van der Waals surface area (Å²) >= 11 is 1.47. The molecule has 154 valence electrons. The number of aromatic nitrogens is 3. The summed E-state index contributed by atoms with van der Waals surface area (Å²) in [6.07, 6.45) is 0. The van der Waals surface area contributed by atoms with Crippen LogP contribution < -0.4 is 10.4 Å². The lowest BCUT2D eigenvalue weighted by molar-refractivity contribution is 0.590. The molecule has 0 aliphatic rings. The molecule has 5 nitrogen and oxygen atoms in total. The van der Waals surface area contributed by atoms with Crippen LogP contribution in [-0.4, -0.2) is 13.9 Å². The first-order valence-electron chi connectivity index (χ1n) is 9.73. The Hall–Kier alpha value is -3.19. The van der Waals surface area contributed by atoms with Gasteiger partial charge in [-0.3, -0.25) is 9.48 Å². The highest BCUT2D eigenvalue weighted by Crippen LogP contribution is 2.24. The second kappa shape index (κ2) is 7.91. The van der Waals surface area contributed by atoms with E-state index in [0.717, 1.165) is 27.4 Å². The molecule has 0 spiro atoms. The van der Waals surface area contributed by atoms with Gasteiger partial charge in [0.2, 0.25) is 0 Å². The van der Waals surface area contributed by atoms with Gasteiger partial charge in [-0.2, -0.15) is 0 Å². The summed E-state index contributed by atoms with van der Waals surface area (Å²) in [7, 11) is 1.86. The van der Waals surface area contributed by atoms with Crippen molar-refractivity contribution in [1.29, 1.82) is 0 Å². The molecule has 0 aliphatic carbocycles. The number of hydrogen-bond donors (Lipinski definition) is 0. The summed E-state index contributed by atoms with van der Waals surface area (Å²) in [6, 6.07) is 16.1. The third-order valence-electron chi connectivity index (χ3n) is 5.13. The van der Waals surface area contributed by atoms with Gasteiger partial charge in [-0.1, -0.05) is 18.2 Å². The second-order valence-electron chi connectivity index (χ2n) is 7.40. The average molecular weight is 423 g/mol. The van der Waals surface area contributed by atoms with Gasteiger partial charge in [-0.05, 0) is 62.7 Å². The van der Waals surface area contributed by atoms with E-state index >= 15 is 0 Å². The van der Waals surface area contributed by atoms with Crippen LogP contribution in [0.25, 0.3) is 16.9 Å². The number of hydrogen-bond acceptors (Lipinski definition) is 3. The number of halogens is 1. The van der Waals surface area contributed by atoms with Crippen molar-refractivity contribution in [3.8, 4) is 16.9 Å². The fourth-order valence-corrected chi connectivity index (χ4v) is 4.54. The molecule has 2 aromatic heterocycles. The molecule has 0 fully saturated rings. The summed E-state index contributed by atoms with van der Waals surface area (Å²) in [4.78, 5) is 18.7.